The first-order valence-corrected chi connectivity index (χ1v) is 10.1. The second-order valence-corrected chi connectivity index (χ2v) is 6.86. The molecule has 0 fully saturated rings. The lowest BCUT2D eigenvalue weighted by Crippen LogP contribution is -2.17. The zero-order valence-electron chi connectivity index (χ0n) is 15.8. The Morgan fingerprint density at radius 2 is 1.93 bits per heavy atom. The van der Waals surface area contributed by atoms with Crippen molar-refractivity contribution in [3.8, 4) is 11.5 Å². The van der Waals surface area contributed by atoms with Gasteiger partial charge in [0.2, 0.25) is 5.91 Å². The molecule has 0 bridgehead atoms. The predicted molar refractivity (Wildman–Crippen MR) is 111 cm³/mol. The van der Waals surface area contributed by atoms with E-state index in [9.17, 15) is 4.79 Å². The molecule has 0 saturated carbocycles. The summed E-state index contributed by atoms with van der Waals surface area (Å²) in [6, 6.07) is 15.6. The van der Waals surface area contributed by atoms with Gasteiger partial charge in [0.05, 0.1) is 19.4 Å². The molecule has 0 heterocycles. The van der Waals surface area contributed by atoms with E-state index in [0.717, 1.165) is 22.6 Å². The molecule has 0 aliphatic carbocycles. The standard InChI is InChI=1S/C21H26N2O3S/c1-3-13-26-19-11-10-17(15-20(19)25-4-2)16-22-23-21(24)12-14-27-18-8-6-5-7-9-18/h5-11,15-16H,3-4,12-14H2,1-2H3,(H,23,24)/b22-16-. The van der Waals surface area contributed by atoms with E-state index in [-0.39, 0.29) is 5.91 Å². The van der Waals surface area contributed by atoms with Crippen LogP contribution in [0.25, 0.3) is 0 Å². The first-order chi connectivity index (χ1) is 13.2. The lowest BCUT2D eigenvalue weighted by atomic mass is 10.2. The summed E-state index contributed by atoms with van der Waals surface area (Å²) < 4.78 is 11.3. The van der Waals surface area contributed by atoms with E-state index >= 15 is 0 Å². The number of hydrogen-bond acceptors (Lipinski definition) is 5. The second kappa shape index (κ2) is 12.0. The van der Waals surface area contributed by atoms with Crippen molar-refractivity contribution >= 4 is 23.9 Å². The van der Waals surface area contributed by atoms with Gasteiger partial charge in [-0.2, -0.15) is 5.10 Å². The van der Waals surface area contributed by atoms with Crippen LogP contribution in [0.15, 0.2) is 58.5 Å². The number of carbonyl (C=O) groups excluding carboxylic acids is 1. The molecule has 144 valence electrons. The molecule has 0 atom stereocenters. The SMILES string of the molecule is CCCOc1ccc(/C=N\NC(=O)CCSc2ccccc2)cc1OCC. The summed E-state index contributed by atoms with van der Waals surface area (Å²) in [5.41, 5.74) is 3.40. The van der Waals surface area contributed by atoms with Crippen LogP contribution < -0.4 is 14.9 Å². The maximum absolute atomic E-state index is 11.9. The highest BCUT2D eigenvalue weighted by molar-refractivity contribution is 7.99. The van der Waals surface area contributed by atoms with Crippen molar-refractivity contribution in [3.63, 3.8) is 0 Å². The first-order valence-electron chi connectivity index (χ1n) is 9.12. The van der Waals surface area contributed by atoms with Crippen LogP contribution in [-0.2, 0) is 4.79 Å². The molecule has 1 N–H and O–H groups in total. The van der Waals surface area contributed by atoms with Gasteiger partial charge >= 0.3 is 0 Å². The molecule has 6 heteroatoms. The van der Waals surface area contributed by atoms with E-state index in [4.69, 9.17) is 9.47 Å². The van der Waals surface area contributed by atoms with E-state index in [1.54, 1.807) is 18.0 Å². The lowest BCUT2D eigenvalue weighted by molar-refractivity contribution is -0.120. The smallest absolute Gasteiger partial charge is 0.240 e. The van der Waals surface area contributed by atoms with Crippen LogP contribution in [0.2, 0.25) is 0 Å². The van der Waals surface area contributed by atoms with E-state index in [1.165, 1.54) is 0 Å². The summed E-state index contributed by atoms with van der Waals surface area (Å²) in [7, 11) is 0. The molecule has 2 rings (SSSR count). The van der Waals surface area contributed by atoms with E-state index in [0.29, 0.717) is 31.1 Å². The van der Waals surface area contributed by atoms with E-state index in [1.807, 2.05) is 55.5 Å². The van der Waals surface area contributed by atoms with Gasteiger partial charge in [-0.05, 0) is 49.2 Å². The van der Waals surface area contributed by atoms with E-state index in [2.05, 4.69) is 17.5 Å². The Balaban J connectivity index is 1.81. The molecule has 2 aromatic carbocycles. The zero-order valence-corrected chi connectivity index (χ0v) is 16.6. The van der Waals surface area contributed by atoms with Crippen LogP contribution in [-0.4, -0.2) is 31.1 Å². The summed E-state index contributed by atoms with van der Waals surface area (Å²) in [4.78, 5) is 13.0. The van der Waals surface area contributed by atoms with Crippen LogP contribution in [0.1, 0.15) is 32.3 Å². The summed E-state index contributed by atoms with van der Waals surface area (Å²) in [5, 5.41) is 4.03. The van der Waals surface area contributed by atoms with Gasteiger partial charge in [0.25, 0.3) is 0 Å². The molecule has 0 radical (unpaired) electrons. The molecular weight excluding hydrogens is 360 g/mol. The van der Waals surface area contributed by atoms with Crippen molar-refractivity contribution in [2.45, 2.75) is 31.6 Å². The Morgan fingerprint density at radius 1 is 1.11 bits per heavy atom. The van der Waals surface area contributed by atoms with Gasteiger partial charge in [-0.15, -0.1) is 11.8 Å². The first kappa shape index (κ1) is 20.8. The molecule has 27 heavy (non-hydrogen) atoms. The molecule has 1 amide bonds. The number of nitrogens with one attached hydrogen (secondary N) is 1. The van der Waals surface area contributed by atoms with Gasteiger partial charge in [0, 0.05) is 17.1 Å². The summed E-state index contributed by atoms with van der Waals surface area (Å²) >= 11 is 1.65. The van der Waals surface area contributed by atoms with Gasteiger partial charge < -0.3 is 9.47 Å². The summed E-state index contributed by atoms with van der Waals surface area (Å²) in [6.07, 6.45) is 2.95. The lowest BCUT2D eigenvalue weighted by Gasteiger charge is -2.11. The Hall–Kier alpha value is -2.47. The van der Waals surface area contributed by atoms with Crippen LogP contribution >= 0.6 is 11.8 Å². The normalized spacial score (nSPS) is 10.7. The Kier molecular flexibility index (Phi) is 9.27. The maximum atomic E-state index is 11.9. The number of benzene rings is 2. The highest BCUT2D eigenvalue weighted by Gasteiger charge is 2.06. The molecule has 2 aromatic rings. The topological polar surface area (TPSA) is 59.9 Å². The Labute approximate surface area is 165 Å². The number of hydrogen-bond donors (Lipinski definition) is 1. The van der Waals surface area contributed by atoms with Crippen molar-refractivity contribution in [2.24, 2.45) is 5.10 Å². The predicted octanol–water partition coefficient (Wildman–Crippen LogP) is 4.51. The molecule has 5 nitrogen and oxygen atoms in total. The van der Waals surface area contributed by atoms with Crippen molar-refractivity contribution in [3.05, 3.63) is 54.1 Å². The zero-order chi connectivity index (χ0) is 19.3. The van der Waals surface area contributed by atoms with E-state index < -0.39 is 0 Å². The number of hydrazone groups is 1. The van der Waals surface area contributed by atoms with Gasteiger partial charge in [0.1, 0.15) is 0 Å². The molecule has 0 aromatic heterocycles. The minimum absolute atomic E-state index is 0.109. The quantitative estimate of drug-likeness (QED) is 0.351. The molecule has 0 unspecified atom stereocenters. The number of nitrogens with zero attached hydrogens (tertiary/aromatic N) is 1. The van der Waals surface area contributed by atoms with Crippen LogP contribution in [0.5, 0.6) is 11.5 Å². The van der Waals surface area contributed by atoms with Crippen molar-refractivity contribution in [2.75, 3.05) is 19.0 Å². The molecule has 0 aliphatic heterocycles. The number of carbonyl (C=O) groups is 1. The van der Waals surface area contributed by atoms with Gasteiger partial charge in [-0.3, -0.25) is 4.79 Å². The van der Waals surface area contributed by atoms with Crippen molar-refractivity contribution < 1.29 is 14.3 Å². The van der Waals surface area contributed by atoms with Crippen molar-refractivity contribution in [1.29, 1.82) is 0 Å². The van der Waals surface area contributed by atoms with Gasteiger partial charge in [-0.25, -0.2) is 5.43 Å². The molecule has 0 spiro atoms. The average molecular weight is 387 g/mol. The van der Waals surface area contributed by atoms with Crippen molar-refractivity contribution in [1.82, 2.24) is 5.43 Å². The Bertz CT molecular complexity index is 735. The summed E-state index contributed by atoms with van der Waals surface area (Å²) in [5.74, 6) is 2.00. The van der Waals surface area contributed by atoms with Crippen LogP contribution in [0, 0.1) is 0 Å². The number of ether oxygens (including phenoxy) is 2. The molecule has 0 saturated heterocycles. The fourth-order valence-electron chi connectivity index (χ4n) is 2.22. The third-order valence-corrected chi connectivity index (χ3v) is 4.49. The third kappa shape index (κ3) is 7.74. The van der Waals surface area contributed by atoms with Crippen LogP contribution in [0.4, 0.5) is 0 Å². The fraction of sp³-hybridized carbons (Fsp3) is 0.333. The number of thioether (sulfide) groups is 1. The summed E-state index contributed by atoms with van der Waals surface area (Å²) in [6.45, 7) is 5.18. The highest BCUT2D eigenvalue weighted by Crippen LogP contribution is 2.28. The average Bonchev–Trinajstić information content (AvgIpc) is 2.68. The highest BCUT2D eigenvalue weighted by atomic mass is 32.2. The number of amides is 1. The molecule has 0 aliphatic rings. The van der Waals surface area contributed by atoms with Gasteiger partial charge in [0.15, 0.2) is 11.5 Å². The van der Waals surface area contributed by atoms with Crippen LogP contribution in [0.3, 0.4) is 0 Å². The maximum Gasteiger partial charge on any atom is 0.240 e. The Morgan fingerprint density at radius 3 is 2.67 bits per heavy atom. The van der Waals surface area contributed by atoms with Gasteiger partial charge in [-0.1, -0.05) is 25.1 Å². The fourth-order valence-corrected chi connectivity index (χ4v) is 3.09. The number of rotatable bonds is 11. The molecular formula is C21H26N2O3S. The monoisotopic (exact) mass is 386 g/mol. The third-order valence-electron chi connectivity index (χ3n) is 3.47. The second-order valence-electron chi connectivity index (χ2n) is 5.69. The minimum Gasteiger partial charge on any atom is -0.490 e. The largest absolute Gasteiger partial charge is 0.490 e. The minimum atomic E-state index is -0.109.